The van der Waals surface area contributed by atoms with Crippen molar-refractivity contribution in [1.82, 2.24) is 10.2 Å². The molecule has 1 heterocycles. The smallest absolute Gasteiger partial charge is 0.225 e. The first kappa shape index (κ1) is 16.3. The molecular weight excluding hydrogens is 272 g/mol. The highest BCUT2D eigenvalue weighted by Gasteiger charge is 2.35. The van der Waals surface area contributed by atoms with E-state index in [1.807, 2.05) is 13.8 Å². The quantitative estimate of drug-likeness (QED) is 0.842. The van der Waals surface area contributed by atoms with Gasteiger partial charge in [0.15, 0.2) is 0 Å². The lowest BCUT2D eigenvalue weighted by molar-refractivity contribution is -0.137. The molecule has 3 rings (SSSR count). The zero-order valence-corrected chi connectivity index (χ0v) is 14.5. The monoisotopic (exact) mass is 306 g/mol. The van der Waals surface area contributed by atoms with E-state index in [4.69, 9.17) is 0 Å². The summed E-state index contributed by atoms with van der Waals surface area (Å²) in [5.74, 6) is 2.19. The Bertz CT molecular complexity index is 372. The predicted molar refractivity (Wildman–Crippen MR) is 90.7 cm³/mol. The Hall–Kier alpha value is -0.570. The second-order valence-electron chi connectivity index (χ2n) is 8.38. The minimum absolute atomic E-state index is 0.134. The highest BCUT2D eigenvalue weighted by molar-refractivity contribution is 5.78. The van der Waals surface area contributed by atoms with Crippen molar-refractivity contribution < 1.29 is 4.79 Å². The summed E-state index contributed by atoms with van der Waals surface area (Å²) in [5.41, 5.74) is 0. The van der Waals surface area contributed by atoms with Gasteiger partial charge in [-0.3, -0.25) is 4.79 Å². The van der Waals surface area contributed by atoms with Crippen molar-refractivity contribution >= 4 is 5.91 Å². The number of hydrogen-bond acceptors (Lipinski definition) is 2. The summed E-state index contributed by atoms with van der Waals surface area (Å²) < 4.78 is 0. The van der Waals surface area contributed by atoms with Crippen molar-refractivity contribution in [3.05, 3.63) is 0 Å². The molecule has 3 fully saturated rings. The molecule has 0 aromatic rings. The summed E-state index contributed by atoms with van der Waals surface area (Å²) in [5, 5.41) is 3.91. The van der Waals surface area contributed by atoms with Crippen LogP contribution >= 0.6 is 0 Å². The van der Waals surface area contributed by atoms with E-state index in [1.54, 1.807) is 0 Å². The fourth-order valence-corrected chi connectivity index (χ4v) is 4.47. The summed E-state index contributed by atoms with van der Waals surface area (Å²) in [6, 6.07) is 1.23. The van der Waals surface area contributed by atoms with Gasteiger partial charge in [0.05, 0.1) is 0 Å². The average Bonchev–Trinajstić information content (AvgIpc) is 3.31. The highest BCUT2D eigenvalue weighted by Crippen LogP contribution is 2.38. The molecule has 1 saturated heterocycles. The van der Waals surface area contributed by atoms with Gasteiger partial charge in [-0.15, -0.1) is 0 Å². The van der Waals surface area contributed by atoms with E-state index in [0.29, 0.717) is 18.0 Å². The number of likely N-dealkylation sites (tertiary alicyclic amines) is 1. The third kappa shape index (κ3) is 4.47. The van der Waals surface area contributed by atoms with Gasteiger partial charge in [0.2, 0.25) is 5.91 Å². The molecule has 1 aliphatic heterocycles. The van der Waals surface area contributed by atoms with E-state index in [-0.39, 0.29) is 5.92 Å². The third-order valence-corrected chi connectivity index (χ3v) is 5.78. The lowest BCUT2D eigenvalue weighted by Gasteiger charge is -2.41. The van der Waals surface area contributed by atoms with Crippen LogP contribution in [0.25, 0.3) is 0 Å². The highest BCUT2D eigenvalue weighted by atomic mass is 16.2. The van der Waals surface area contributed by atoms with Crippen LogP contribution in [0.1, 0.15) is 71.6 Å². The van der Waals surface area contributed by atoms with E-state index in [9.17, 15) is 4.79 Å². The van der Waals surface area contributed by atoms with Crippen LogP contribution in [-0.4, -0.2) is 36.0 Å². The SMILES string of the molecule is CC(C)C(=O)N1CC(CC2CC2)CC(NC2CCCCC2)C1. The fourth-order valence-electron chi connectivity index (χ4n) is 4.47. The standard InChI is InChI=1S/C19H34N2O/c1-14(2)19(22)21-12-16(10-15-8-9-15)11-18(13-21)20-17-6-4-3-5-7-17/h14-18,20H,3-13H2,1-2H3. The normalized spacial score (nSPS) is 30.8. The molecule has 0 spiro atoms. The number of carbonyl (C=O) groups is 1. The molecule has 126 valence electrons. The van der Waals surface area contributed by atoms with Crippen LogP contribution in [0.4, 0.5) is 0 Å². The first-order valence-electron chi connectivity index (χ1n) is 9.66. The number of carbonyl (C=O) groups excluding carboxylic acids is 1. The molecule has 3 aliphatic rings. The average molecular weight is 306 g/mol. The maximum atomic E-state index is 12.5. The second kappa shape index (κ2) is 7.33. The number of piperidine rings is 1. The summed E-state index contributed by atoms with van der Waals surface area (Å²) in [7, 11) is 0. The van der Waals surface area contributed by atoms with Crippen molar-refractivity contribution in [1.29, 1.82) is 0 Å². The minimum Gasteiger partial charge on any atom is -0.341 e. The second-order valence-corrected chi connectivity index (χ2v) is 8.38. The van der Waals surface area contributed by atoms with Gasteiger partial charge < -0.3 is 10.2 Å². The Morgan fingerprint density at radius 3 is 2.36 bits per heavy atom. The Balaban J connectivity index is 1.58. The Kier molecular flexibility index (Phi) is 5.43. The molecule has 2 aliphatic carbocycles. The van der Waals surface area contributed by atoms with Crippen molar-refractivity contribution in [3.8, 4) is 0 Å². The molecule has 2 unspecified atom stereocenters. The zero-order valence-electron chi connectivity index (χ0n) is 14.5. The minimum atomic E-state index is 0.134. The molecule has 2 saturated carbocycles. The largest absolute Gasteiger partial charge is 0.341 e. The van der Waals surface area contributed by atoms with Gasteiger partial charge in [-0.05, 0) is 37.5 Å². The molecule has 0 radical (unpaired) electrons. The summed E-state index contributed by atoms with van der Waals surface area (Å²) in [4.78, 5) is 14.6. The number of hydrogen-bond donors (Lipinski definition) is 1. The van der Waals surface area contributed by atoms with E-state index in [2.05, 4.69) is 10.2 Å². The summed E-state index contributed by atoms with van der Waals surface area (Å²) >= 11 is 0. The molecular formula is C19H34N2O. The van der Waals surface area contributed by atoms with Gasteiger partial charge in [-0.1, -0.05) is 46.0 Å². The zero-order chi connectivity index (χ0) is 15.5. The van der Waals surface area contributed by atoms with Crippen molar-refractivity contribution in [2.75, 3.05) is 13.1 Å². The lowest BCUT2D eigenvalue weighted by Crippen LogP contribution is -2.54. The van der Waals surface area contributed by atoms with Gasteiger partial charge >= 0.3 is 0 Å². The molecule has 0 aromatic heterocycles. The van der Waals surface area contributed by atoms with Gasteiger partial charge in [-0.25, -0.2) is 0 Å². The van der Waals surface area contributed by atoms with Crippen molar-refractivity contribution in [3.63, 3.8) is 0 Å². The predicted octanol–water partition coefficient (Wildman–Crippen LogP) is 3.58. The third-order valence-electron chi connectivity index (χ3n) is 5.78. The summed E-state index contributed by atoms with van der Waals surface area (Å²) in [6.45, 7) is 6.03. The number of nitrogens with one attached hydrogen (secondary N) is 1. The van der Waals surface area contributed by atoms with Crippen LogP contribution < -0.4 is 5.32 Å². The Labute approximate surface area is 136 Å². The van der Waals surface area contributed by atoms with E-state index < -0.39 is 0 Å². The van der Waals surface area contributed by atoms with Gasteiger partial charge in [0.25, 0.3) is 0 Å². The van der Waals surface area contributed by atoms with E-state index in [1.165, 1.54) is 57.8 Å². The van der Waals surface area contributed by atoms with Gasteiger partial charge in [-0.2, -0.15) is 0 Å². The number of rotatable bonds is 5. The molecule has 0 bridgehead atoms. The molecule has 1 amide bonds. The number of amides is 1. The molecule has 1 N–H and O–H groups in total. The van der Waals surface area contributed by atoms with Crippen LogP contribution in [0.3, 0.4) is 0 Å². The first-order valence-corrected chi connectivity index (χ1v) is 9.66. The van der Waals surface area contributed by atoms with Gasteiger partial charge in [0, 0.05) is 31.1 Å². The maximum Gasteiger partial charge on any atom is 0.225 e. The Morgan fingerprint density at radius 2 is 1.73 bits per heavy atom. The van der Waals surface area contributed by atoms with E-state index >= 15 is 0 Å². The van der Waals surface area contributed by atoms with Crippen LogP contribution in [0.2, 0.25) is 0 Å². The first-order chi connectivity index (χ1) is 10.6. The molecule has 22 heavy (non-hydrogen) atoms. The number of nitrogens with zero attached hydrogens (tertiary/aromatic N) is 1. The molecule has 2 atom stereocenters. The van der Waals surface area contributed by atoms with Crippen LogP contribution in [0.5, 0.6) is 0 Å². The van der Waals surface area contributed by atoms with Crippen molar-refractivity contribution in [2.24, 2.45) is 17.8 Å². The Morgan fingerprint density at radius 1 is 1.00 bits per heavy atom. The topological polar surface area (TPSA) is 32.3 Å². The summed E-state index contributed by atoms with van der Waals surface area (Å²) in [6.07, 6.45) is 12.3. The maximum absolute atomic E-state index is 12.5. The van der Waals surface area contributed by atoms with Gasteiger partial charge in [0.1, 0.15) is 0 Å². The van der Waals surface area contributed by atoms with Crippen LogP contribution in [0, 0.1) is 17.8 Å². The van der Waals surface area contributed by atoms with Crippen LogP contribution in [-0.2, 0) is 4.79 Å². The van der Waals surface area contributed by atoms with Crippen molar-refractivity contribution in [2.45, 2.75) is 83.7 Å². The molecule has 0 aromatic carbocycles. The van der Waals surface area contributed by atoms with Crippen LogP contribution in [0.15, 0.2) is 0 Å². The molecule has 3 heteroatoms. The molecule has 3 nitrogen and oxygen atoms in total. The lowest BCUT2D eigenvalue weighted by atomic mass is 9.87. The van der Waals surface area contributed by atoms with E-state index in [0.717, 1.165) is 24.9 Å². The fraction of sp³-hybridized carbons (Fsp3) is 0.947.